The lowest BCUT2D eigenvalue weighted by Crippen LogP contribution is -2.53. The highest BCUT2D eigenvalue weighted by atomic mass is 35.5. The van der Waals surface area contributed by atoms with Crippen molar-refractivity contribution < 1.29 is 22.7 Å². The standard InChI is InChI=1S/C27H29Cl2N3O5S/c1-30-27(34)24(15-19-9-5-4-6-10-19)31(17-20-11-7-8-12-22(20)29)26(33)18-32(38(3,35)36)23-16-21(28)13-14-25(23)37-2/h4-14,16,24H,15,17-18H2,1-3H3,(H,30,34)/t24-/m1/s1. The molecule has 11 heteroatoms. The van der Waals surface area contributed by atoms with Gasteiger partial charge in [0, 0.05) is 30.1 Å². The third-order valence-corrected chi connectivity index (χ3v) is 7.64. The van der Waals surface area contributed by atoms with Gasteiger partial charge < -0.3 is 15.0 Å². The fourth-order valence-corrected chi connectivity index (χ4v) is 5.19. The Bertz CT molecular complexity index is 1390. The maximum atomic E-state index is 13.9. The van der Waals surface area contributed by atoms with Crippen molar-refractivity contribution in [2.24, 2.45) is 0 Å². The van der Waals surface area contributed by atoms with Crippen LogP contribution in [-0.2, 0) is 32.6 Å². The van der Waals surface area contributed by atoms with Crippen LogP contribution in [0.2, 0.25) is 10.0 Å². The molecule has 3 aromatic carbocycles. The lowest BCUT2D eigenvalue weighted by Gasteiger charge is -2.33. The lowest BCUT2D eigenvalue weighted by atomic mass is 10.0. The van der Waals surface area contributed by atoms with E-state index >= 15 is 0 Å². The summed E-state index contributed by atoms with van der Waals surface area (Å²) in [4.78, 5) is 28.4. The Kier molecular flexibility index (Phi) is 10.0. The molecule has 2 amide bonds. The first kappa shape index (κ1) is 29.3. The molecule has 8 nitrogen and oxygen atoms in total. The predicted octanol–water partition coefficient (Wildman–Crippen LogP) is 4.15. The smallest absolute Gasteiger partial charge is 0.244 e. The van der Waals surface area contributed by atoms with E-state index in [4.69, 9.17) is 27.9 Å². The number of hydrogen-bond acceptors (Lipinski definition) is 5. The van der Waals surface area contributed by atoms with Crippen molar-refractivity contribution in [1.82, 2.24) is 10.2 Å². The number of anilines is 1. The number of likely N-dealkylation sites (N-methyl/N-ethyl adjacent to an activating group) is 1. The number of sulfonamides is 1. The van der Waals surface area contributed by atoms with Crippen LogP contribution in [0.3, 0.4) is 0 Å². The number of halogens is 2. The third kappa shape index (κ3) is 7.40. The van der Waals surface area contributed by atoms with Gasteiger partial charge in [-0.1, -0.05) is 71.7 Å². The van der Waals surface area contributed by atoms with Crippen molar-refractivity contribution in [3.63, 3.8) is 0 Å². The molecule has 0 aliphatic rings. The molecule has 38 heavy (non-hydrogen) atoms. The molecule has 0 saturated carbocycles. The minimum Gasteiger partial charge on any atom is -0.495 e. The van der Waals surface area contributed by atoms with Crippen LogP contribution in [0.1, 0.15) is 11.1 Å². The summed E-state index contributed by atoms with van der Waals surface area (Å²) in [5.74, 6) is -0.792. The van der Waals surface area contributed by atoms with E-state index in [2.05, 4.69) is 5.32 Å². The molecule has 0 radical (unpaired) electrons. The second-order valence-corrected chi connectivity index (χ2v) is 11.3. The van der Waals surface area contributed by atoms with E-state index in [1.54, 1.807) is 30.3 Å². The van der Waals surface area contributed by atoms with Gasteiger partial charge in [-0.2, -0.15) is 0 Å². The first-order valence-electron chi connectivity index (χ1n) is 11.6. The molecule has 0 aliphatic heterocycles. The Balaban J connectivity index is 2.08. The molecule has 0 bridgehead atoms. The van der Waals surface area contributed by atoms with E-state index in [1.807, 2.05) is 30.3 Å². The van der Waals surface area contributed by atoms with Crippen LogP contribution in [0.4, 0.5) is 5.69 Å². The molecule has 0 spiro atoms. The molecule has 0 aliphatic carbocycles. The topological polar surface area (TPSA) is 96.0 Å². The molecule has 1 N–H and O–H groups in total. The van der Waals surface area contributed by atoms with E-state index < -0.39 is 34.4 Å². The monoisotopic (exact) mass is 577 g/mol. The first-order valence-corrected chi connectivity index (χ1v) is 14.2. The van der Waals surface area contributed by atoms with Crippen LogP contribution in [0, 0.1) is 0 Å². The summed E-state index contributed by atoms with van der Waals surface area (Å²) in [5.41, 5.74) is 1.54. The molecule has 0 unspecified atom stereocenters. The minimum absolute atomic E-state index is 0.0201. The SMILES string of the molecule is CNC(=O)[C@@H](Cc1ccccc1)N(Cc1ccccc1Cl)C(=O)CN(c1cc(Cl)ccc1OC)S(C)(=O)=O. The Hall–Kier alpha value is -3.27. The number of amides is 2. The summed E-state index contributed by atoms with van der Waals surface area (Å²) in [5, 5.41) is 3.31. The summed E-state index contributed by atoms with van der Waals surface area (Å²) < 4.78 is 32.0. The molecule has 0 heterocycles. The van der Waals surface area contributed by atoms with E-state index in [9.17, 15) is 18.0 Å². The normalized spacial score (nSPS) is 11.9. The largest absolute Gasteiger partial charge is 0.495 e. The highest BCUT2D eigenvalue weighted by Crippen LogP contribution is 2.33. The third-order valence-electron chi connectivity index (χ3n) is 5.90. The fourth-order valence-electron chi connectivity index (χ4n) is 3.98. The second kappa shape index (κ2) is 13.0. The predicted molar refractivity (Wildman–Crippen MR) is 150 cm³/mol. The summed E-state index contributed by atoms with van der Waals surface area (Å²) in [6.07, 6.45) is 1.19. The minimum atomic E-state index is -3.97. The van der Waals surface area contributed by atoms with E-state index in [1.165, 1.54) is 31.2 Å². The van der Waals surface area contributed by atoms with E-state index in [0.29, 0.717) is 10.6 Å². The molecule has 3 rings (SSSR count). The summed E-state index contributed by atoms with van der Waals surface area (Å²) in [6, 6.07) is 19.7. The summed E-state index contributed by atoms with van der Waals surface area (Å²) in [6.45, 7) is -0.615. The number of hydrogen-bond donors (Lipinski definition) is 1. The van der Waals surface area contributed by atoms with Gasteiger partial charge in [-0.05, 0) is 35.4 Å². The highest BCUT2D eigenvalue weighted by molar-refractivity contribution is 7.92. The molecule has 0 saturated heterocycles. The van der Waals surface area contributed by atoms with Crippen LogP contribution in [0.5, 0.6) is 5.75 Å². The average Bonchev–Trinajstić information content (AvgIpc) is 2.89. The number of rotatable bonds is 11. The lowest BCUT2D eigenvalue weighted by molar-refractivity contribution is -0.139. The molecule has 3 aromatic rings. The first-order chi connectivity index (χ1) is 18.0. The number of carbonyl (C=O) groups is 2. The van der Waals surface area contributed by atoms with Gasteiger partial charge in [-0.15, -0.1) is 0 Å². The number of ether oxygens (including phenoxy) is 1. The van der Waals surface area contributed by atoms with Gasteiger partial charge >= 0.3 is 0 Å². The van der Waals surface area contributed by atoms with Gasteiger partial charge in [-0.25, -0.2) is 8.42 Å². The average molecular weight is 579 g/mol. The number of benzene rings is 3. The second-order valence-electron chi connectivity index (χ2n) is 8.52. The van der Waals surface area contributed by atoms with Gasteiger partial charge in [0.15, 0.2) is 0 Å². The van der Waals surface area contributed by atoms with E-state index in [-0.39, 0.29) is 29.4 Å². The van der Waals surface area contributed by atoms with Crippen molar-refractivity contribution in [3.05, 3.63) is 94.0 Å². The number of carbonyl (C=O) groups excluding carboxylic acids is 2. The molecule has 0 fully saturated rings. The van der Waals surface area contributed by atoms with Crippen molar-refractivity contribution >= 4 is 50.7 Å². The van der Waals surface area contributed by atoms with Gasteiger partial charge in [0.2, 0.25) is 21.8 Å². The number of nitrogens with zero attached hydrogens (tertiary/aromatic N) is 2. The highest BCUT2D eigenvalue weighted by Gasteiger charge is 2.33. The zero-order valence-electron chi connectivity index (χ0n) is 21.2. The Labute approximate surface area is 233 Å². The van der Waals surface area contributed by atoms with E-state index in [0.717, 1.165) is 16.1 Å². The van der Waals surface area contributed by atoms with Crippen LogP contribution in [0.25, 0.3) is 0 Å². The molecule has 0 aromatic heterocycles. The summed E-state index contributed by atoms with van der Waals surface area (Å²) >= 11 is 12.6. The fraction of sp³-hybridized carbons (Fsp3) is 0.259. The van der Waals surface area contributed by atoms with Crippen LogP contribution >= 0.6 is 23.2 Å². The van der Waals surface area contributed by atoms with Crippen LogP contribution < -0.4 is 14.4 Å². The molecular formula is C27H29Cl2N3O5S. The van der Waals surface area contributed by atoms with Crippen molar-refractivity contribution in [3.8, 4) is 5.75 Å². The zero-order chi connectivity index (χ0) is 27.9. The quantitative estimate of drug-likeness (QED) is 0.369. The molecule has 202 valence electrons. The Morgan fingerprint density at radius 1 is 1.00 bits per heavy atom. The van der Waals surface area contributed by atoms with Gasteiger partial charge in [0.1, 0.15) is 18.3 Å². The maximum Gasteiger partial charge on any atom is 0.244 e. The summed E-state index contributed by atoms with van der Waals surface area (Å²) in [7, 11) is -1.09. The molecule has 1 atom stereocenters. The van der Waals surface area contributed by atoms with Gasteiger partial charge in [0.25, 0.3) is 0 Å². The van der Waals surface area contributed by atoms with Crippen LogP contribution in [0.15, 0.2) is 72.8 Å². The molecular weight excluding hydrogens is 549 g/mol. The zero-order valence-corrected chi connectivity index (χ0v) is 23.6. The maximum absolute atomic E-state index is 13.9. The number of nitrogens with one attached hydrogen (secondary N) is 1. The van der Waals surface area contributed by atoms with Crippen molar-refractivity contribution in [2.45, 2.75) is 19.0 Å². The van der Waals surface area contributed by atoms with Gasteiger partial charge in [-0.3, -0.25) is 13.9 Å². The van der Waals surface area contributed by atoms with Crippen molar-refractivity contribution in [1.29, 1.82) is 0 Å². The van der Waals surface area contributed by atoms with Crippen molar-refractivity contribution in [2.75, 3.05) is 31.3 Å². The number of methoxy groups -OCH3 is 1. The Morgan fingerprint density at radius 3 is 2.26 bits per heavy atom. The van der Waals surface area contributed by atoms with Gasteiger partial charge in [0.05, 0.1) is 19.1 Å². The Morgan fingerprint density at radius 2 is 1.66 bits per heavy atom. The van der Waals surface area contributed by atoms with Crippen LogP contribution in [-0.4, -0.2) is 58.1 Å².